The number of nitrogen functional groups attached to an aromatic ring is 1. The molecule has 0 aliphatic heterocycles. The molecule has 3 rings (SSSR count). The van der Waals surface area contributed by atoms with Crippen LogP contribution in [0.4, 0.5) is 5.82 Å². The predicted octanol–water partition coefficient (Wildman–Crippen LogP) is 3.40. The Morgan fingerprint density at radius 3 is 2.62 bits per heavy atom. The van der Waals surface area contributed by atoms with E-state index in [9.17, 15) is 5.26 Å². The third-order valence-electron chi connectivity index (χ3n) is 3.67. The molecule has 104 valence electrons. The van der Waals surface area contributed by atoms with Gasteiger partial charge in [-0.2, -0.15) is 5.26 Å². The average molecular weight is 277 g/mol. The van der Waals surface area contributed by atoms with E-state index in [0.29, 0.717) is 11.4 Å². The summed E-state index contributed by atoms with van der Waals surface area (Å²) in [5, 5.41) is 10.2. The first-order valence-electron chi connectivity index (χ1n) is 6.61. The van der Waals surface area contributed by atoms with E-state index in [1.165, 1.54) is 0 Å². The van der Waals surface area contributed by atoms with Gasteiger partial charge in [0.2, 0.25) is 0 Å². The number of nitriles is 1. The van der Waals surface area contributed by atoms with Gasteiger partial charge in [0.15, 0.2) is 0 Å². The van der Waals surface area contributed by atoms with E-state index in [1.54, 1.807) is 7.11 Å². The molecule has 4 heteroatoms. The van der Waals surface area contributed by atoms with Gasteiger partial charge in [0.05, 0.1) is 18.3 Å². The van der Waals surface area contributed by atoms with Gasteiger partial charge in [-0.15, -0.1) is 0 Å². The number of aromatic nitrogens is 1. The Morgan fingerprint density at radius 2 is 1.95 bits per heavy atom. The smallest absolute Gasteiger partial charge is 0.127 e. The maximum atomic E-state index is 9.36. The maximum Gasteiger partial charge on any atom is 0.127 e. The van der Waals surface area contributed by atoms with Crippen LogP contribution in [0.3, 0.4) is 0 Å². The molecular weight excluding hydrogens is 262 g/mol. The Balaban J connectivity index is 2.36. The number of ether oxygens (including phenoxy) is 1. The second kappa shape index (κ2) is 4.88. The third-order valence-corrected chi connectivity index (χ3v) is 3.67. The molecule has 4 nitrogen and oxygen atoms in total. The molecule has 21 heavy (non-hydrogen) atoms. The van der Waals surface area contributed by atoms with Crippen LogP contribution in [-0.4, -0.2) is 11.7 Å². The van der Waals surface area contributed by atoms with Crippen LogP contribution >= 0.6 is 0 Å². The van der Waals surface area contributed by atoms with Crippen LogP contribution in [0.25, 0.3) is 16.6 Å². The molecular formula is C17H15N3O. The van der Waals surface area contributed by atoms with Crippen LogP contribution in [0.15, 0.2) is 42.5 Å². The molecule has 0 aliphatic carbocycles. The number of nitrogens with two attached hydrogens (primary N) is 1. The highest BCUT2D eigenvalue weighted by molar-refractivity contribution is 5.93. The normalized spacial score (nSPS) is 10.5. The van der Waals surface area contributed by atoms with Crippen molar-refractivity contribution in [2.24, 2.45) is 0 Å². The van der Waals surface area contributed by atoms with E-state index >= 15 is 0 Å². The Hall–Kier alpha value is -2.93. The summed E-state index contributed by atoms with van der Waals surface area (Å²) in [5.74, 6) is 1.26. The van der Waals surface area contributed by atoms with Crippen LogP contribution < -0.4 is 10.5 Å². The van der Waals surface area contributed by atoms with Gasteiger partial charge in [0.1, 0.15) is 23.2 Å². The first-order valence-corrected chi connectivity index (χ1v) is 6.61. The summed E-state index contributed by atoms with van der Waals surface area (Å²) in [6.07, 6.45) is 0. The molecule has 0 atom stereocenters. The molecule has 0 bridgehead atoms. The Bertz CT molecular complexity index is 872. The SMILES string of the molecule is COc1ccc(-n2c(N)c(C#N)c3ccccc32)c(C)c1. The molecule has 0 radical (unpaired) electrons. The molecule has 3 aromatic rings. The Kier molecular flexibility index (Phi) is 3.03. The minimum Gasteiger partial charge on any atom is -0.497 e. The first kappa shape index (κ1) is 13.1. The molecule has 2 N–H and O–H groups in total. The number of aryl methyl sites for hydroxylation is 1. The van der Waals surface area contributed by atoms with Gasteiger partial charge in [-0.05, 0) is 36.8 Å². The van der Waals surface area contributed by atoms with E-state index in [2.05, 4.69) is 6.07 Å². The number of benzene rings is 2. The number of nitrogens with zero attached hydrogens (tertiary/aromatic N) is 2. The zero-order valence-corrected chi connectivity index (χ0v) is 11.9. The van der Waals surface area contributed by atoms with Crippen LogP contribution in [0, 0.1) is 18.3 Å². The van der Waals surface area contributed by atoms with E-state index in [4.69, 9.17) is 10.5 Å². The predicted molar refractivity (Wildman–Crippen MR) is 83.7 cm³/mol. The summed E-state index contributed by atoms with van der Waals surface area (Å²) in [4.78, 5) is 0. The quantitative estimate of drug-likeness (QED) is 0.780. The van der Waals surface area contributed by atoms with Crippen molar-refractivity contribution in [2.75, 3.05) is 12.8 Å². The molecule has 0 unspecified atom stereocenters. The Morgan fingerprint density at radius 1 is 1.19 bits per heavy atom. The summed E-state index contributed by atoms with van der Waals surface area (Å²) in [6, 6.07) is 15.7. The second-order valence-electron chi connectivity index (χ2n) is 4.88. The number of fused-ring (bicyclic) bond motifs is 1. The molecule has 2 aromatic carbocycles. The lowest BCUT2D eigenvalue weighted by atomic mass is 10.1. The van der Waals surface area contributed by atoms with Crippen molar-refractivity contribution in [2.45, 2.75) is 6.92 Å². The zero-order valence-electron chi connectivity index (χ0n) is 11.9. The highest BCUT2D eigenvalue weighted by Gasteiger charge is 2.16. The van der Waals surface area contributed by atoms with Gasteiger partial charge in [-0.1, -0.05) is 18.2 Å². The summed E-state index contributed by atoms with van der Waals surface area (Å²) in [6.45, 7) is 2.00. The van der Waals surface area contributed by atoms with Crippen LogP contribution in [-0.2, 0) is 0 Å². The fourth-order valence-corrected chi connectivity index (χ4v) is 2.64. The van der Waals surface area contributed by atoms with Crippen molar-refractivity contribution < 1.29 is 4.74 Å². The summed E-state index contributed by atoms with van der Waals surface area (Å²) >= 11 is 0. The van der Waals surface area contributed by atoms with Crippen LogP contribution in [0.5, 0.6) is 5.75 Å². The van der Waals surface area contributed by atoms with Crippen LogP contribution in [0.1, 0.15) is 11.1 Å². The van der Waals surface area contributed by atoms with Gasteiger partial charge in [-0.25, -0.2) is 0 Å². The molecule has 0 saturated heterocycles. The monoisotopic (exact) mass is 277 g/mol. The van der Waals surface area contributed by atoms with E-state index in [0.717, 1.165) is 27.9 Å². The number of anilines is 1. The largest absolute Gasteiger partial charge is 0.497 e. The second-order valence-corrected chi connectivity index (χ2v) is 4.88. The van der Waals surface area contributed by atoms with E-state index < -0.39 is 0 Å². The van der Waals surface area contributed by atoms with Gasteiger partial charge in [0.25, 0.3) is 0 Å². The molecule has 0 aliphatic rings. The molecule has 1 aromatic heterocycles. The topological polar surface area (TPSA) is 64.0 Å². The van der Waals surface area contributed by atoms with Crippen molar-refractivity contribution in [3.8, 4) is 17.5 Å². The zero-order chi connectivity index (χ0) is 15.0. The summed E-state index contributed by atoms with van der Waals surface area (Å²) in [7, 11) is 1.64. The van der Waals surface area contributed by atoms with Crippen molar-refractivity contribution in [1.29, 1.82) is 5.26 Å². The number of hydrogen-bond acceptors (Lipinski definition) is 3. The lowest BCUT2D eigenvalue weighted by Crippen LogP contribution is -2.02. The minimum atomic E-state index is 0.465. The van der Waals surface area contributed by atoms with Crippen molar-refractivity contribution in [3.05, 3.63) is 53.6 Å². The molecule has 0 saturated carbocycles. The lowest BCUT2D eigenvalue weighted by Gasteiger charge is -2.12. The summed E-state index contributed by atoms with van der Waals surface area (Å²) < 4.78 is 7.16. The van der Waals surface area contributed by atoms with Crippen LogP contribution in [0.2, 0.25) is 0 Å². The minimum absolute atomic E-state index is 0.465. The number of methoxy groups -OCH3 is 1. The van der Waals surface area contributed by atoms with Gasteiger partial charge in [0, 0.05) is 5.39 Å². The molecule has 0 spiro atoms. The van der Waals surface area contributed by atoms with Crippen molar-refractivity contribution in [3.63, 3.8) is 0 Å². The number of rotatable bonds is 2. The highest BCUT2D eigenvalue weighted by Crippen LogP contribution is 2.32. The third kappa shape index (κ3) is 1.91. The van der Waals surface area contributed by atoms with Crippen molar-refractivity contribution >= 4 is 16.7 Å². The summed E-state index contributed by atoms with van der Waals surface area (Å²) in [5.41, 5.74) is 9.64. The number of para-hydroxylation sites is 1. The standard InChI is InChI=1S/C17H15N3O/c1-11-9-12(21-2)7-8-15(11)20-16-6-4-3-5-13(16)14(10-18)17(20)19/h3-9H,19H2,1-2H3. The van der Waals surface area contributed by atoms with E-state index in [1.807, 2.05) is 54.0 Å². The fourth-order valence-electron chi connectivity index (χ4n) is 2.64. The Labute approximate surface area is 123 Å². The van der Waals surface area contributed by atoms with Gasteiger partial charge in [-0.3, -0.25) is 4.57 Å². The van der Waals surface area contributed by atoms with Gasteiger partial charge >= 0.3 is 0 Å². The number of hydrogen-bond donors (Lipinski definition) is 1. The molecule has 0 fully saturated rings. The highest BCUT2D eigenvalue weighted by atomic mass is 16.5. The van der Waals surface area contributed by atoms with Crippen molar-refractivity contribution in [1.82, 2.24) is 4.57 Å². The maximum absolute atomic E-state index is 9.36. The van der Waals surface area contributed by atoms with E-state index in [-0.39, 0.29) is 0 Å². The average Bonchev–Trinajstić information content (AvgIpc) is 2.78. The van der Waals surface area contributed by atoms with Gasteiger partial charge < -0.3 is 10.5 Å². The lowest BCUT2D eigenvalue weighted by molar-refractivity contribution is 0.414. The first-order chi connectivity index (χ1) is 10.2. The fraction of sp³-hybridized carbons (Fsp3) is 0.118. The molecule has 0 amide bonds. The molecule has 1 heterocycles.